The lowest BCUT2D eigenvalue weighted by Gasteiger charge is -2.32. The van der Waals surface area contributed by atoms with Gasteiger partial charge in [0.1, 0.15) is 5.71 Å². The number of fused-ring (bicyclic) bond motifs is 3. The summed E-state index contributed by atoms with van der Waals surface area (Å²) in [6.45, 7) is 6.28. The van der Waals surface area contributed by atoms with Gasteiger partial charge in [-0.05, 0) is 50.1 Å². The molecule has 0 aliphatic heterocycles. The number of unbranched alkanes of at least 4 members (excludes halogenated alkanes) is 3. The molecule has 0 spiro atoms. The number of nitrogens with zero attached hydrogens (tertiary/aromatic N) is 2. The molecule has 0 saturated heterocycles. The molecule has 0 radical (unpaired) electrons. The summed E-state index contributed by atoms with van der Waals surface area (Å²) in [7, 11) is 3.27. The molecule has 0 saturated carbocycles. The van der Waals surface area contributed by atoms with Crippen LogP contribution in [0.3, 0.4) is 0 Å². The van der Waals surface area contributed by atoms with Gasteiger partial charge in [0.2, 0.25) is 11.6 Å². The van der Waals surface area contributed by atoms with Gasteiger partial charge in [-0.15, -0.1) is 0 Å². The summed E-state index contributed by atoms with van der Waals surface area (Å²) in [6.07, 6.45) is 4.40. The lowest BCUT2D eigenvalue weighted by atomic mass is 9.95. The highest BCUT2D eigenvalue weighted by atomic mass is 16.7. The Balaban J connectivity index is 1.83. The van der Waals surface area contributed by atoms with Crippen LogP contribution in [0.25, 0.3) is 21.8 Å². The first-order chi connectivity index (χ1) is 19.4. The average Bonchev–Trinajstić information content (AvgIpc) is 3.30. The number of hydrogen-bond acceptors (Lipinski definition) is 6. The molecule has 0 unspecified atom stereocenters. The van der Waals surface area contributed by atoms with Gasteiger partial charge in [0.15, 0.2) is 0 Å². The van der Waals surface area contributed by atoms with E-state index in [4.69, 9.17) is 14.3 Å². The number of rotatable bonds is 13. The van der Waals surface area contributed by atoms with Gasteiger partial charge < -0.3 is 18.9 Å². The van der Waals surface area contributed by atoms with Crippen molar-refractivity contribution in [3.8, 4) is 0 Å². The van der Waals surface area contributed by atoms with Crippen molar-refractivity contribution in [2.24, 2.45) is 5.16 Å². The number of benzene rings is 3. The Hall–Kier alpha value is -3.81. The standard InChI is InChI=1S/C33H38N2O5/c1-6-8-9-13-16-29(34-40-23(3)36)32(37)24-17-19-30-27(21-24)28-22-26(18-20-31(28)35(30)7-2)33(38-4,39-5)25-14-11-10-12-15-25/h10-12,14-15,17-22H,6-9,13,16H2,1-5H3/b34-29+. The van der Waals surface area contributed by atoms with Gasteiger partial charge >= 0.3 is 5.97 Å². The third kappa shape index (κ3) is 5.71. The van der Waals surface area contributed by atoms with Gasteiger partial charge in [-0.2, -0.15) is 0 Å². The van der Waals surface area contributed by atoms with E-state index in [2.05, 4.69) is 35.7 Å². The van der Waals surface area contributed by atoms with Crippen LogP contribution in [0.4, 0.5) is 0 Å². The van der Waals surface area contributed by atoms with E-state index in [1.54, 1.807) is 14.2 Å². The first kappa shape index (κ1) is 29.2. The van der Waals surface area contributed by atoms with Crippen LogP contribution in [0.15, 0.2) is 71.9 Å². The monoisotopic (exact) mass is 542 g/mol. The predicted octanol–water partition coefficient (Wildman–Crippen LogP) is 7.38. The number of aromatic nitrogens is 1. The van der Waals surface area contributed by atoms with Crippen LogP contribution in [-0.2, 0) is 31.4 Å². The molecule has 0 amide bonds. The minimum atomic E-state index is -1.09. The molecule has 7 nitrogen and oxygen atoms in total. The molecular formula is C33H38N2O5. The fourth-order valence-electron chi connectivity index (χ4n) is 5.38. The summed E-state index contributed by atoms with van der Waals surface area (Å²) < 4.78 is 14.2. The second-order valence-corrected chi connectivity index (χ2v) is 9.86. The number of carbonyl (C=O) groups excluding carboxylic acids is 2. The molecule has 0 aliphatic rings. The van der Waals surface area contributed by atoms with Crippen LogP contribution < -0.4 is 0 Å². The molecule has 0 aliphatic carbocycles. The van der Waals surface area contributed by atoms with E-state index in [9.17, 15) is 9.59 Å². The maximum Gasteiger partial charge on any atom is 0.331 e. The SMILES string of the molecule is CCCCCC/C(=N\OC(C)=O)C(=O)c1ccc2c(c1)c1cc(C(OC)(OC)c3ccccc3)ccc1n2CC. The van der Waals surface area contributed by atoms with Crippen molar-refractivity contribution < 1.29 is 23.9 Å². The number of Topliss-reactive ketones (excluding diaryl/α,β-unsaturated/α-hetero) is 1. The quantitative estimate of drug-likeness (QED) is 0.0440. The fraction of sp³-hybridized carbons (Fsp3) is 0.364. The van der Waals surface area contributed by atoms with Crippen LogP contribution in [0.5, 0.6) is 0 Å². The number of methoxy groups -OCH3 is 2. The molecular weight excluding hydrogens is 504 g/mol. The molecule has 0 N–H and O–H groups in total. The second-order valence-electron chi connectivity index (χ2n) is 9.86. The van der Waals surface area contributed by atoms with Crippen LogP contribution in [0.1, 0.15) is 74.4 Å². The Bertz CT molecular complexity index is 1520. The average molecular weight is 543 g/mol. The maximum absolute atomic E-state index is 13.6. The van der Waals surface area contributed by atoms with E-state index >= 15 is 0 Å². The summed E-state index contributed by atoms with van der Waals surface area (Å²) in [5.74, 6) is -1.88. The van der Waals surface area contributed by atoms with Crippen molar-refractivity contribution in [1.82, 2.24) is 4.57 Å². The molecule has 0 bridgehead atoms. The lowest BCUT2D eigenvalue weighted by Crippen LogP contribution is -2.32. The fourth-order valence-corrected chi connectivity index (χ4v) is 5.38. The minimum Gasteiger partial charge on any atom is -0.346 e. The minimum absolute atomic E-state index is 0.236. The van der Waals surface area contributed by atoms with Gasteiger partial charge in [-0.1, -0.05) is 67.7 Å². The van der Waals surface area contributed by atoms with E-state index in [0.29, 0.717) is 12.0 Å². The van der Waals surface area contributed by atoms with Crippen LogP contribution in [0, 0.1) is 0 Å². The molecule has 4 rings (SSSR count). The van der Waals surface area contributed by atoms with E-state index in [0.717, 1.165) is 65.2 Å². The van der Waals surface area contributed by atoms with Gasteiger partial charge in [0.05, 0.1) is 0 Å². The highest BCUT2D eigenvalue weighted by Crippen LogP contribution is 2.38. The first-order valence-corrected chi connectivity index (χ1v) is 13.9. The third-order valence-electron chi connectivity index (χ3n) is 7.37. The predicted molar refractivity (Wildman–Crippen MR) is 159 cm³/mol. The Morgan fingerprint density at radius 2 is 1.50 bits per heavy atom. The normalized spacial score (nSPS) is 12.3. The number of ketones is 1. The zero-order valence-corrected chi connectivity index (χ0v) is 24.0. The molecule has 7 heteroatoms. The number of ether oxygens (including phenoxy) is 2. The van der Waals surface area contributed by atoms with Crippen molar-refractivity contribution >= 4 is 39.3 Å². The van der Waals surface area contributed by atoms with Crippen molar-refractivity contribution in [3.05, 3.63) is 83.4 Å². The smallest absolute Gasteiger partial charge is 0.331 e. The van der Waals surface area contributed by atoms with Crippen molar-refractivity contribution in [1.29, 1.82) is 0 Å². The number of carbonyl (C=O) groups is 2. The molecule has 0 atom stereocenters. The first-order valence-electron chi connectivity index (χ1n) is 13.9. The maximum atomic E-state index is 13.6. The zero-order valence-electron chi connectivity index (χ0n) is 24.0. The number of hydrogen-bond donors (Lipinski definition) is 0. The molecule has 1 heterocycles. The van der Waals surface area contributed by atoms with Gasteiger partial charge in [-0.25, -0.2) is 4.79 Å². The van der Waals surface area contributed by atoms with E-state index in [-0.39, 0.29) is 11.5 Å². The number of oxime groups is 1. The van der Waals surface area contributed by atoms with Gasteiger partial charge in [0, 0.05) is 66.2 Å². The summed E-state index contributed by atoms with van der Waals surface area (Å²) in [6, 6.07) is 21.7. The van der Waals surface area contributed by atoms with Crippen LogP contribution in [0.2, 0.25) is 0 Å². The highest BCUT2D eigenvalue weighted by molar-refractivity contribution is 6.46. The Labute approximate surface area is 235 Å². The van der Waals surface area contributed by atoms with Gasteiger partial charge in [-0.3, -0.25) is 4.79 Å². The van der Waals surface area contributed by atoms with Gasteiger partial charge in [0.25, 0.3) is 0 Å². The van der Waals surface area contributed by atoms with Crippen molar-refractivity contribution in [2.45, 2.75) is 65.2 Å². The van der Waals surface area contributed by atoms with Crippen molar-refractivity contribution in [3.63, 3.8) is 0 Å². The molecule has 1 aromatic heterocycles. The molecule has 0 fully saturated rings. The molecule has 210 valence electrons. The van der Waals surface area contributed by atoms with Crippen LogP contribution in [-0.4, -0.2) is 36.3 Å². The zero-order chi connectivity index (χ0) is 28.7. The molecule has 40 heavy (non-hydrogen) atoms. The molecule has 3 aromatic carbocycles. The Kier molecular flexibility index (Phi) is 9.50. The summed E-state index contributed by atoms with van der Waals surface area (Å²) >= 11 is 0. The summed E-state index contributed by atoms with van der Waals surface area (Å²) in [5.41, 5.74) is 4.55. The second kappa shape index (κ2) is 13.0. The third-order valence-corrected chi connectivity index (χ3v) is 7.37. The van der Waals surface area contributed by atoms with Crippen LogP contribution >= 0.6 is 0 Å². The molecule has 4 aromatic rings. The van der Waals surface area contributed by atoms with E-state index < -0.39 is 11.8 Å². The Morgan fingerprint density at radius 1 is 0.825 bits per heavy atom. The van der Waals surface area contributed by atoms with Crippen molar-refractivity contribution in [2.75, 3.05) is 14.2 Å². The number of aryl methyl sites for hydroxylation is 1. The van der Waals surface area contributed by atoms with E-state index in [1.165, 1.54) is 6.92 Å². The largest absolute Gasteiger partial charge is 0.346 e. The highest BCUT2D eigenvalue weighted by Gasteiger charge is 2.35. The Morgan fingerprint density at radius 3 is 2.12 bits per heavy atom. The summed E-state index contributed by atoms with van der Waals surface area (Å²) in [5, 5.41) is 5.87. The van der Waals surface area contributed by atoms with E-state index in [1.807, 2.05) is 54.6 Å². The lowest BCUT2D eigenvalue weighted by molar-refractivity contribution is -0.183. The summed E-state index contributed by atoms with van der Waals surface area (Å²) in [4.78, 5) is 30.0. The topological polar surface area (TPSA) is 79.1 Å².